The highest BCUT2D eigenvalue weighted by molar-refractivity contribution is 6.31. The van der Waals surface area contributed by atoms with Gasteiger partial charge in [0.2, 0.25) is 5.91 Å². The number of rotatable bonds is 4. The summed E-state index contributed by atoms with van der Waals surface area (Å²) in [5.74, 6) is -0.0240. The molecule has 4 heteroatoms. The van der Waals surface area contributed by atoms with Crippen molar-refractivity contribution in [3.63, 3.8) is 0 Å². The van der Waals surface area contributed by atoms with Crippen LogP contribution < -0.4 is 10.2 Å². The molecule has 1 aliphatic heterocycles. The first-order valence-electron chi connectivity index (χ1n) is 9.02. The van der Waals surface area contributed by atoms with Gasteiger partial charge in [-0.1, -0.05) is 54.1 Å². The predicted octanol–water partition coefficient (Wildman–Crippen LogP) is 5.27. The molecule has 0 bridgehead atoms. The molecule has 0 radical (unpaired) electrons. The van der Waals surface area contributed by atoms with Gasteiger partial charge in [-0.15, -0.1) is 0 Å². The van der Waals surface area contributed by atoms with E-state index >= 15 is 0 Å². The van der Waals surface area contributed by atoms with Gasteiger partial charge in [-0.05, 0) is 47.4 Å². The molecule has 1 N–H and O–H groups in total. The van der Waals surface area contributed by atoms with Crippen LogP contribution in [0.3, 0.4) is 0 Å². The average molecular weight is 365 g/mol. The van der Waals surface area contributed by atoms with Gasteiger partial charge in [0.1, 0.15) is 0 Å². The Kier molecular flexibility index (Phi) is 4.81. The number of anilines is 2. The minimum absolute atomic E-state index is 0.0240. The average Bonchev–Trinajstić information content (AvgIpc) is 3.16. The third-order valence-electron chi connectivity index (χ3n) is 4.91. The molecular formula is C22H21ClN2O. The molecule has 1 amide bonds. The van der Waals surface area contributed by atoms with E-state index in [0.29, 0.717) is 11.4 Å². The largest absolute Gasteiger partial charge is 0.370 e. The second-order valence-electron chi connectivity index (χ2n) is 6.72. The Morgan fingerprint density at radius 3 is 2.62 bits per heavy atom. The lowest BCUT2D eigenvalue weighted by Gasteiger charge is -2.22. The first-order chi connectivity index (χ1) is 12.7. The van der Waals surface area contributed by atoms with E-state index < -0.39 is 0 Å². The molecule has 0 saturated carbocycles. The summed E-state index contributed by atoms with van der Waals surface area (Å²) in [5, 5.41) is 5.98. The fourth-order valence-corrected chi connectivity index (χ4v) is 3.83. The van der Waals surface area contributed by atoms with Gasteiger partial charge in [-0.3, -0.25) is 4.79 Å². The molecule has 0 atom stereocenters. The number of amides is 1. The highest BCUT2D eigenvalue weighted by atomic mass is 35.5. The molecule has 0 aromatic heterocycles. The maximum atomic E-state index is 12.7. The van der Waals surface area contributed by atoms with Crippen molar-refractivity contribution in [1.29, 1.82) is 0 Å². The molecule has 0 unspecified atom stereocenters. The van der Waals surface area contributed by atoms with Crippen LogP contribution in [0.15, 0.2) is 60.7 Å². The fourth-order valence-electron chi connectivity index (χ4n) is 3.66. The van der Waals surface area contributed by atoms with E-state index in [0.717, 1.165) is 40.8 Å². The molecule has 3 aromatic carbocycles. The van der Waals surface area contributed by atoms with Crippen LogP contribution in [0.1, 0.15) is 18.4 Å². The lowest BCUT2D eigenvalue weighted by atomic mass is 10.0. The standard InChI is InChI=1S/C22H21ClN2O/c23-18-10-11-21(25-12-3-4-13-25)20(15-18)24-22(26)14-17-8-5-7-16-6-1-2-9-19(16)17/h1-2,5-11,15H,3-4,12-14H2,(H,24,26). The predicted molar refractivity (Wildman–Crippen MR) is 109 cm³/mol. The second kappa shape index (κ2) is 7.38. The maximum absolute atomic E-state index is 12.7. The first-order valence-corrected chi connectivity index (χ1v) is 9.39. The summed E-state index contributed by atoms with van der Waals surface area (Å²) in [6.07, 6.45) is 2.71. The minimum atomic E-state index is -0.0240. The van der Waals surface area contributed by atoms with E-state index in [4.69, 9.17) is 11.6 Å². The molecule has 1 heterocycles. The van der Waals surface area contributed by atoms with Gasteiger partial charge >= 0.3 is 0 Å². The molecule has 26 heavy (non-hydrogen) atoms. The zero-order valence-electron chi connectivity index (χ0n) is 14.5. The number of carbonyl (C=O) groups is 1. The Bertz CT molecular complexity index is 943. The molecule has 1 fully saturated rings. The minimum Gasteiger partial charge on any atom is -0.370 e. The fraction of sp³-hybridized carbons (Fsp3) is 0.227. The van der Waals surface area contributed by atoms with Crippen molar-refractivity contribution in [2.45, 2.75) is 19.3 Å². The molecule has 1 aliphatic rings. The highest BCUT2D eigenvalue weighted by Crippen LogP contribution is 2.32. The Morgan fingerprint density at radius 2 is 1.77 bits per heavy atom. The van der Waals surface area contributed by atoms with E-state index in [9.17, 15) is 4.79 Å². The van der Waals surface area contributed by atoms with Crippen LogP contribution in [0, 0.1) is 0 Å². The van der Waals surface area contributed by atoms with Gasteiger partial charge in [0, 0.05) is 18.1 Å². The highest BCUT2D eigenvalue weighted by Gasteiger charge is 2.17. The first kappa shape index (κ1) is 16.9. The molecule has 1 saturated heterocycles. The van der Waals surface area contributed by atoms with Crippen LogP contribution in [0.2, 0.25) is 5.02 Å². The van der Waals surface area contributed by atoms with Crippen LogP contribution in [0.5, 0.6) is 0 Å². The number of benzene rings is 3. The number of hydrogen-bond donors (Lipinski definition) is 1. The summed E-state index contributed by atoms with van der Waals surface area (Å²) in [5.41, 5.74) is 2.88. The maximum Gasteiger partial charge on any atom is 0.228 e. The number of nitrogens with zero attached hydrogens (tertiary/aromatic N) is 1. The van der Waals surface area contributed by atoms with E-state index in [-0.39, 0.29) is 5.91 Å². The van der Waals surface area contributed by atoms with Crippen LogP contribution in [0.4, 0.5) is 11.4 Å². The second-order valence-corrected chi connectivity index (χ2v) is 7.16. The normalized spacial score (nSPS) is 14.0. The van der Waals surface area contributed by atoms with Gasteiger partial charge in [-0.2, -0.15) is 0 Å². The summed E-state index contributed by atoms with van der Waals surface area (Å²) < 4.78 is 0. The van der Waals surface area contributed by atoms with Gasteiger partial charge in [0.05, 0.1) is 17.8 Å². The van der Waals surface area contributed by atoms with Gasteiger partial charge in [0.15, 0.2) is 0 Å². The molecule has 3 aromatic rings. The van der Waals surface area contributed by atoms with Gasteiger partial charge in [-0.25, -0.2) is 0 Å². The zero-order chi connectivity index (χ0) is 17.9. The van der Waals surface area contributed by atoms with Crippen molar-refractivity contribution in [3.05, 3.63) is 71.2 Å². The van der Waals surface area contributed by atoms with E-state index in [1.54, 1.807) is 0 Å². The van der Waals surface area contributed by atoms with E-state index in [1.807, 2.05) is 42.5 Å². The van der Waals surface area contributed by atoms with Gasteiger partial charge in [0.25, 0.3) is 0 Å². The number of carbonyl (C=O) groups excluding carboxylic acids is 1. The number of hydrogen-bond acceptors (Lipinski definition) is 2. The van der Waals surface area contributed by atoms with Crippen LogP contribution in [-0.4, -0.2) is 19.0 Å². The van der Waals surface area contributed by atoms with Gasteiger partial charge < -0.3 is 10.2 Å². The monoisotopic (exact) mass is 364 g/mol. The molecule has 4 rings (SSSR count). The SMILES string of the molecule is O=C(Cc1cccc2ccccc12)Nc1cc(Cl)ccc1N1CCCC1. The molecular weight excluding hydrogens is 344 g/mol. The Morgan fingerprint density at radius 1 is 1.00 bits per heavy atom. The van der Waals surface area contributed by atoms with Crippen molar-refractivity contribution >= 4 is 39.7 Å². The van der Waals surface area contributed by atoms with Crippen LogP contribution >= 0.6 is 11.6 Å². The summed E-state index contributed by atoms with van der Waals surface area (Å²) in [6, 6.07) is 20.0. The topological polar surface area (TPSA) is 32.3 Å². The van der Waals surface area contributed by atoms with Crippen molar-refractivity contribution in [3.8, 4) is 0 Å². The Hall–Kier alpha value is -2.52. The third-order valence-corrected chi connectivity index (χ3v) is 5.15. The summed E-state index contributed by atoms with van der Waals surface area (Å²) >= 11 is 6.18. The molecule has 132 valence electrons. The summed E-state index contributed by atoms with van der Waals surface area (Å²) in [6.45, 7) is 2.04. The van der Waals surface area contributed by atoms with Crippen molar-refractivity contribution in [2.75, 3.05) is 23.3 Å². The van der Waals surface area contributed by atoms with Crippen molar-refractivity contribution in [2.24, 2.45) is 0 Å². The lowest BCUT2D eigenvalue weighted by molar-refractivity contribution is -0.115. The van der Waals surface area contributed by atoms with Crippen molar-refractivity contribution < 1.29 is 4.79 Å². The number of nitrogens with one attached hydrogen (secondary N) is 1. The third kappa shape index (κ3) is 3.54. The van der Waals surface area contributed by atoms with E-state index in [1.165, 1.54) is 12.8 Å². The van der Waals surface area contributed by atoms with Crippen LogP contribution in [-0.2, 0) is 11.2 Å². The summed E-state index contributed by atoms with van der Waals surface area (Å²) in [4.78, 5) is 15.0. The number of halogens is 1. The summed E-state index contributed by atoms with van der Waals surface area (Å²) in [7, 11) is 0. The Labute approximate surface area is 158 Å². The smallest absolute Gasteiger partial charge is 0.228 e. The van der Waals surface area contributed by atoms with E-state index in [2.05, 4.69) is 28.4 Å². The van der Waals surface area contributed by atoms with Crippen molar-refractivity contribution in [1.82, 2.24) is 0 Å². The Balaban J connectivity index is 1.57. The van der Waals surface area contributed by atoms with Crippen LogP contribution in [0.25, 0.3) is 10.8 Å². The molecule has 0 aliphatic carbocycles. The molecule has 0 spiro atoms. The zero-order valence-corrected chi connectivity index (χ0v) is 15.3. The lowest BCUT2D eigenvalue weighted by Crippen LogP contribution is -2.21. The number of fused-ring (bicyclic) bond motifs is 1. The quantitative estimate of drug-likeness (QED) is 0.683. The molecule has 3 nitrogen and oxygen atoms in total.